The van der Waals surface area contributed by atoms with Crippen LogP contribution in [0.1, 0.15) is 20.3 Å². The number of hydrogen-bond donors (Lipinski definition) is 0. The van der Waals surface area contributed by atoms with Gasteiger partial charge in [-0.2, -0.15) is 0 Å². The average molecular weight is 330 g/mol. The standard InChI is InChI=1S/C12H12Cl4O2/c1-6(2)3-7(17)5-18-12-10(15)8(13)4-9(14)11(12)16/h4,6H,3,5H2,1-2H3. The summed E-state index contributed by atoms with van der Waals surface area (Å²) in [6, 6.07) is 1.43. The van der Waals surface area contributed by atoms with Crippen molar-refractivity contribution in [1.82, 2.24) is 0 Å². The second kappa shape index (κ2) is 6.85. The van der Waals surface area contributed by atoms with Crippen LogP contribution in [0.5, 0.6) is 5.75 Å². The Morgan fingerprint density at radius 1 is 1.17 bits per heavy atom. The number of carbonyl (C=O) groups is 1. The summed E-state index contributed by atoms with van der Waals surface area (Å²) in [4.78, 5) is 11.5. The molecule has 1 aromatic rings. The number of ether oxygens (including phenoxy) is 1. The minimum Gasteiger partial charge on any atom is -0.483 e. The zero-order valence-corrected chi connectivity index (χ0v) is 12.9. The van der Waals surface area contributed by atoms with Crippen LogP contribution >= 0.6 is 46.4 Å². The third kappa shape index (κ3) is 4.20. The van der Waals surface area contributed by atoms with Crippen LogP contribution in [0.2, 0.25) is 20.1 Å². The smallest absolute Gasteiger partial charge is 0.170 e. The van der Waals surface area contributed by atoms with Gasteiger partial charge < -0.3 is 4.74 Å². The number of halogens is 4. The minimum atomic E-state index is -0.103. The zero-order chi connectivity index (χ0) is 13.9. The van der Waals surface area contributed by atoms with Gasteiger partial charge in [-0.25, -0.2) is 0 Å². The van der Waals surface area contributed by atoms with Crippen LogP contribution in [0.15, 0.2) is 6.07 Å². The third-order valence-electron chi connectivity index (χ3n) is 2.08. The van der Waals surface area contributed by atoms with Crippen molar-refractivity contribution in [3.8, 4) is 5.75 Å². The fraction of sp³-hybridized carbons (Fsp3) is 0.417. The lowest BCUT2D eigenvalue weighted by atomic mass is 10.1. The number of hydrogen-bond acceptors (Lipinski definition) is 2. The summed E-state index contributed by atoms with van der Waals surface area (Å²) in [5.74, 6) is 0.385. The van der Waals surface area contributed by atoms with Gasteiger partial charge in [0.2, 0.25) is 0 Å². The van der Waals surface area contributed by atoms with Crippen LogP contribution < -0.4 is 4.74 Å². The van der Waals surface area contributed by atoms with E-state index < -0.39 is 0 Å². The van der Waals surface area contributed by atoms with E-state index in [1.807, 2.05) is 13.8 Å². The molecule has 0 aliphatic heterocycles. The molecule has 0 unspecified atom stereocenters. The van der Waals surface area contributed by atoms with E-state index in [0.717, 1.165) is 0 Å². The Kier molecular flexibility index (Phi) is 6.06. The SMILES string of the molecule is CC(C)CC(=O)COc1c(Cl)c(Cl)cc(Cl)c1Cl. The monoisotopic (exact) mass is 328 g/mol. The van der Waals surface area contributed by atoms with Gasteiger partial charge in [0.15, 0.2) is 11.5 Å². The normalized spacial score (nSPS) is 10.8. The van der Waals surface area contributed by atoms with E-state index in [0.29, 0.717) is 6.42 Å². The highest BCUT2D eigenvalue weighted by Crippen LogP contribution is 2.42. The van der Waals surface area contributed by atoms with Crippen molar-refractivity contribution in [1.29, 1.82) is 0 Å². The predicted molar refractivity (Wildman–Crippen MR) is 76.4 cm³/mol. The molecule has 0 radical (unpaired) electrons. The van der Waals surface area contributed by atoms with Gasteiger partial charge in [-0.1, -0.05) is 60.3 Å². The number of carbonyl (C=O) groups excluding carboxylic acids is 1. The molecule has 2 nitrogen and oxygen atoms in total. The third-order valence-corrected chi connectivity index (χ3v) is 3.63. The first-order valence-corrected chi connectivity index (χ1v) is 6.81. The molecule has 0 fully saturated rings. The molecule has 100 valence electrons. The van der Waals surface area contributed by atoms with Crippen LogP contribution in [0.25, 0.3) is 0 Å². The summed E-state index contributed by atoms with van der Waals surface area (Å²) in [5, 5.41) is 0.779. The van der Waals surface area contributed by atoms with Gasteiger partial charge in [0.1, 0.15) is 16.7 Å². The summed E-state index contributed by atoms with van der Waals surface area (Å²) in [6.45, 7) is 3.80. The first-order valence-electron chi connectivity index (χ1n) is 5.30. The summed E-state index contributed by atoms with van der Waals surface area (Å²) >= 11 is 23.6. The fourth-order valence-corrected chi connectivity index (χ4v) is 2.25. The topological polar surface area (TPSA) is 26.3 Å². The van der Waals surface area contributed by atoms with E-state index in [-0.39, 0.29) is 44.1 Å². The summed E-state index contributed by atoms with van der Waals surface area (Å²) in [5.41, 5.74) is 0. The highest BCUT2D eigenvalue weighted by Gasteiger charge is 2.16. The van der Waals surface area contributed by atoms with Crippen LogP contribution in [-0.4, -0.2) is 12.4 Å². The maximum Gasteiger partial charge on any atom is 0.170 e. The minimum absolute atomic E-state index is 0.0340. The molecule has 0 aliphatic rings. The van der Waals surface area contributed by atoms with Gasteiger partial charge in [-0.05, 0) is 12.0 Å². The quantitative estimate of drug-likeness (QED) is 0.685. The van der Waals surface area contributed by atoms with Gasteiger partial charge in [0.05, 0.1) is 10.0 Å². The molecule has 0 bridgehead atoms. The van der Waals surface area contributed by atoms with Crippen LogP contribution in [0.4, 0.5) is 0 Å². The molecule has 0 atom stereocenters. The van der Waals surface area contributed by atoms with E-state index in [1.54, 1.807) is 0 Å². The van der Waals surface area contributed by atoms with E-state index in [4.69, 9.17) is 51.1 Å². The lowest BCUT2D eigenvalue weighted by Gasteiger charge is -2.12. The van der Waals surface area contributed by atoms with Gasteiger partial charge in [0.25, 0.3) is 0 Å². The molecule has 0 aliphatic carbocycles. The Balaban J connectivity index is 2.82. The van der Waals surface area contributed by atoms with Crippen molar-refractivity contribution in [2.45, 2.75) is 20.3 Å². The second-order valence-electron chi connectivity index (χ2n) is 4.22. The summed E-state index contributed by atoms with van der Waals surface area (Å²) in [6.07, 6.45) is 0.434. The predicted octanol–water partition coefficient (Wildman–Crippen LogP) is 5.29. The molecule has 6 heteroatoms. The Morgan fingerprint density at radius 3 is 2.11 bits per heavy atom. The lowest BCUT2D eigenvalue weighted by molar-refractivity contribution is -0.121. The van der Waals surface area contributed by atoms with Gasteiger partial charge >= 0.3 is 0 Å². The molecule has 0 amide bonds. The van der Waals surface area contributed by atoms with Gasteiger partial charge in [-0.15, -0.1) is 0 Å². The zero-order valence-electron chi connectivity index (χ0n) is 9.90. The maximum atomic E-state index is 11.5. The van der Waals surface area contributed by atoms with Crippen molar-refractivity contribution in [2.75, 3.05) is 6.61 Å². The lowest BCUT2D eigenvalue weighted by Crippen LogP contribution is -2.13. The maximum absolute atomic E-state index is 11.5. The molecule has 18 heavy (non-hydrogen) atoms. The van der Waals surface area contributed by atoms with Crippen LogP contribution in [0, 0.1) is 5.92 Å². The molecule has 0 saturated carbocycles. The Labute approximate surface area is 126 Å². The average Bonchev–Trinajstić information content (AvgIpc) is 2.25. The largest absolute Gasteiger partial charge is 0.483 e. The number of ketones is 1. The van der Waals surface area contributed by atoms with Crippen molar-refractivity contribution in [2.24, 2.45) is 5.92 Å². The van der Waals surface area contributed by atoms with E-state index in [1.165, 1.54) is 6.07 Å². The van der Waals surface area contributed by atoms with Crippen molar-refractivity contribution >= 4 is 52.2 Å². The van der Waals surface area contributed by atoms with Crippen molar-refractivity contribution in [3.05, 3.63) is 26.2 Å². The van der Waals surface area contributed by atoms with Gasteiger partial charge in [0, 0.05) is 6.42 Å². The molecular formula is C12H12Cl4O2. The summed E-state index contributed by atoms with van der Waals surface area (Å²) in [7, 11) is 0. The molecule has 0 spiro atoms. The Morgan fingerprint density at radius 2 is 1.67 bits per heavy atom. The first-order chi connectivity index (χ1) is 8.32. The number of benzene rings is 1. The van der Waals surface area contributed by atoms with E-state index in [9.17, 15) is 4.79 Å². The highest BCUT2D eigenvalue weighted by atomic mass is 35.5. The molecule has 1 aromatic carbocycles. The van der Waals surface area contributed by atoms with E-state index in [2.05, 4.69) is 0 Å². The van der Waals surface area contributed by atoms with Crippen LogP contribution in [-0.2, 0) is 4.79 Å². The molecule has 0 aromatic heterocycles. The highest BCUT2D eigenvalue weighted by molar-refractivity contribution is 6.48. The molecule has 0 N–H and O–H groups in total. The van der Waals surface area contributed by atoms with Crippen LogP contribution in [0.3, 0.4) is 0 Å². The van der Waals surface area contributed by atoms with Crippen molar-refractivity contribution < 1.29 is 9.53 Å². The van der Waals surface area contributed by atoms with E-state index >= 15 is 0 Å². The second-order valence-corrected chi connectivity index (χ2v) is 5.79. The van der Waals surface area contributed by atoms with Crippen molar-refractivity contribution in [3.63, 3.8) is 0 Å². The molecular weight excluding hydrogens is 318 g/mol. The van der Waals surface area contributed by atoms with Gasteiger partial charge in [-0.3, -0.25) is 4.79 Å². The number of Topliss-reactive ketones (excluding diaryl/α,β-unsaturated/α-hetero) is 1. The Hall–Kier alpha value is -0.150. The first kappa shape index (κ1) is 15.9. The molecule has 0 saturated heterocycles. The summed E-state index contributed by atoms with van der Waals surface area (Å²) < 4.78 is 5.31. The molecule has 0 heterocycles. The Bertz CT molecular complexity index is 432. The number of rotatable bonds is 5. The fourth-order valence-electron chi connectivity index (χ4n) is 1.34. The molecule has 1 rings (SSSR count).